The Labute approximate surface area is 171 Å². The zero-order valence-corrected chi connectivity index (χ0v) is 17.7. The maximum absolute atomic E-state index is 12.9. The van der Waals surface area contributed by atoms with E-state index >= 15 is 0 Å². The van der Waals surface area contributed by atoms with Crippen LogP contribution < -0.4 is 4.90 Å². The van der Waals surface area contributed by atoms with E-state index in [0.717, 1.165) is 49.9 Å². The molecule has 0 radical (unpaired) electrons. The average Bonchev–Trinajstić information content (AvgIpc) is 3.18. The van der Waals surface area contributed by atoms with Gasteiger partial charge in [0.15, 0.2) is 0 Å². The highest BCUT2D eigenvalue weighted by atomic mass is 32.1. The molecule has 0 N–H and O–H groups in total. The number of carbonyl (C=O) groups is 1. The van der Waals surface area contributed by atoms with Crippen LogP contribution in [0, 0.1) is 12.8 Å². The molecule has 0 spiro atoms. The van der Waals surface area contributed by atoms with E-state index in [0.29, 0.717) is 5.91 Å². The van der Waals surface area contributed by atoms with Gasteiger partial charge in [-0.3, -0.25) is 4.79 Å². The molecular weight excluding hydrogens is 368 g/mol. The molecule has 5 nitrogen and oxygen atoms in total. The Morgan fingerprint density at radius 2 is 1.89 bits per heavy atom. The van der Waals surface area contributed by atoms with Crippen molar-refractivity contribution in [2.75, 3.05) is 24.5 Å². The van der Waals surface area contributed by atoms with Crippen molar-refractivity contribution in [3.63, 3.8) is 0 Å². The van der Waals surface area contributed by atoms with Crippen molar-refractivity contribution in [1.82, 2.24) is 14.3 Å². The lowest BCUT2D eigenvalue weighted by atomic mass is 9.88. The monoisotopic (exact) mass is 398 g/mol. The van der Waals surface area contributed by atoms with Crippen molar-refractivity contribution < 1.29 is 4.79 Å². The number of aryl methyl sites for hydroxylation is 1. The van der Waals surface area contributed by atoms with Crippen LogP contribution in [0.2, 0.25) is 0 Å². The summed E-state index contributed by atoms with van der Waals surface area (Å²) < 4.78 is 4.57. The van der Waals surface area contributed by atoms with E-state index in [-0.39, 0.29) is 12.0 Å². The normalized spacial score (nSPS) is 21.1. The molecule has 1 aromatic heterocycles. The fraction of sp³-hybridized carbons (Fsp3) is 0.591. The minimum atomic E-state index is 0.229. The lowest BCUT2D eigenvalue weighted by Crippen LogP contribution is -2.55. The summed E-state index contributed by atoms with van der Waals surface area (Å²) in [5.74, 6) is 1.52. The summed E-state index contributed by atoms with van der Waals surface area (Å²) in [5, 5.41) is 0.985. The lowest BCUT2D eigenvalue weighted by Gasteiger charge is -2.41. The van der Waals surface area contributed by atoms with E-state index in [1.165, 1.54) is 41.9 Å². The molecule has 150 valence electrons. The number of carbonyl (C=O) groups excluding carboxylic acids is 1. The molecule has 0 unspecified atom stereocenters. The molecule has 1 amide bonds. The molecule has 4 rings (SSSR count). The molecule has 1 saturated heterocycles. The number of piperazine rings is 1. The minimum Gasteiger partial charge on any atom is -0.343 e. The highest BCUT2D eigenvalue weighted by Gasteiger charge is 2.33. The Bertz CT molecular complexity index is 797. The molecule has 1 aliphatic heterocycles. The number of hydrogen-bond donors (Lipinski definition) is 0. The molecule has 1 saturated carbocycles. The number of aromatic nitrogens is 2. The molecule has 28 heavy (non-hydrogen) atoms. The van der Waals surface area contributed by atoms with E-state index in [4.69, 9.17) is 4.98 Å². The standard InChI is InChI=1S/C22H30N4OS/c1-16-8-10-18(11-9-16)14-20-23-22(28-24-20)25-12-13-26(17(2)15-25)21(27)19-6-4-3-5-7-19/h8-11,17,19H,3-7,12-15H2,1-2H3/t17-/m1/s1. The van der Waals surface area contributed by atoms with Gasteiger partial charge in [0.25, 0.3) is 0 Å². The molecule has 1 aromatic carbocycles. The van der Waals surface area contributed by atoms with Crippen LogP contribution in [0.1, 0.15) is 56.0 Å². The van der Waals surface area contributed by atoms with Crippen LogP contribution in [-0.4, -0.2) is 45.8 Å². The quantitative estimate of drug-likeness (QED) is 0.779. The Kier molecular flexibility index (Phi) is 5.95. The van der Waals surface area contributed by atoms with Crippen molar-refractivity contribution in [2.45, 2.75) is 58.4 Å². The Morgan fingerprint density at radius 1 is 1.14 bits per heavy atom. The first-order valence-corrected chi connectivity index (χ1v) is 11.3. The Hall–Kier alpha value is -1.95. The van der Waals surface area contributed by atoms with Crippen molar-refractivity contribution in [3.8, 4) is 0 Å². The Morgan fingerprint density at radius 3 is 2.61 bits per heavy atom. The zero-order valence-electron chi connectivity index (χ0n) is 16.9. The summed E-state index contributed by atoms with van der Waals surface area (Å²) in [6.07, 6.45) is 6.62. The van der Waals surface area contributed by atoms with Gasteiger partial charge in [-0.25, -0.2) is 4.98 Å². The number of nitrogens with zero attached hydrogens (tertiary/aromatic N) is 4. The van der Waals surface area contributed by atoms with Gasteiger partial charge >= 0.3 is 0 Å². The first-order valence-electron chi connectivity index (χ1n) is 10.5. The predicted octanol–water partition coefficient (Wildman–Crippen LogP) is 4.05. The van der Waals surface area contributed by atoms with Gasteiger partial charge in [-0.1, -0.05) is 49.1 Å². The summed E-state index contributed by atoms with van der Waals surface area (Å²) >= 11 is 1.48. The third kappa shape index (κ3) is 4.37. The van der Waals surface area contributed by atoms with Gasteiger partial charge in [0, 0.05) is 49.5 Å². The average molecular weight is 399 g/mol. The summed E-state index contributed by atoms with van der Waals surface area (Å²) in [4.78, 5) is 22.1. The van der Waals surface area contributed by atoms with Gasteiger partial charge in [0.1, 0.15) is 5.82 Å². The molecular formula is C22H30N4OS. The van der Waals surface area contributed by atoms with E-state index in [1.54, 1.807) is 0 Å². The van der Waals surface area contributed by atoms with Gasteiger partial charge in [0.05, 0.1) is 0 Å². The van der Waals surface area contributed by atoms with Crippen molar-refractivity contribution in [2.24, 2.45) is 5.92 Å². The molecule has 1 aliphatic carbocycles. The minimum absolute atomic E-state index is 0.229. The van der Waals surface area contributed by atoms with Gasteiger partial charge in [-0.05, 0) is 32.3 Å². The summed E-state index contributed by atoms with van der Waals surface area (Å²) in [5.41, 5.74) is 2.51. The number of anilines is 1. The summed E-state index contributed by atoms with van der Waals surface area (Å²) in [6, 6.07) is 8.79. The highest BCUT2D eigenvalue weighted by Crippen LogP contribution is 2.28. The van der Waals surface area contributed by atoms with Gasteiger partial charge in [0.2, 0.25) is 11.0 Å². The van der Waals surface area contributed by atoms with Crippen LogP contribution in [0.5, 0.6) is 0 Å². The van der Waals surface area contributed by atoms with E-state index in [1.807, 2.05) is 0 Å². The van der Waals surface area contributed by atoms with Gasteiger partial charge in [-0.15, -0.1) is 0 Å². The van der Waals surface area contributed by atoms with Crippen LogP contribution in [0.15, 0.2) is 24.3 Å². The van der Waals surface area contributed by atoms with E-state index < -0.39 is 0 Å². The summed E-state index contributed by atoms with van der Waals surface area (Å²) in [7, 11) is 0. The highest BCUT2D eigenvalue weighted by molar-refractivity contribution is 7.09. The van der Waals surface area contributed by atoms with Crippen LogP contribution >= 0.6 is 11.5 Å². The zero-order chi connectivity index (χ0) is 19.5. The largest absolute Gasteiger partial charge is 0.343 e. The topological polar surface area (TPSA) is 49.3 Å². The second-order valence-electron chi connectivity index (χ2n) is 8.32. The van der Waals surface area contributed by atoms with Crippen LogP contribution in [0.25, 0.3) is 0 Å². The van der Waals surface area contributed by atoms with Crippen LogP contribution in [-0.2, 0) is 11.2 Å². The van der Waals surface area contributed by atoms with Gasteiger partial charge in [-0.2, -0.15) is 4.37 Å². The molecule has 0 bridgehead atoms. The number of rotatable bonds is 4. The Balaban J connectivity index is 1.35. The fourth-order valence-corrected chi connectivity index (χ4v) is 5.10. The third-order valence-electron chi connectivity index (χ3n) is 6.08. The number of benzene rings is 1. The second kappa shape index (κ2) is 8.60. The van der Waals surface area contributed by atoms with Crippen LogP contribution in [0.3, 0.4) is 0 Å². The van der Waals surface area contributed by atoms with Crippen LogP contribution in [0.4, 0.5) is 5.13 Å². The molecule has 2 heterocycles. The van der Waals surface area contributed by atoms with E-state index in [2.05, 4.69) is 52.3 Å². The molecule has 2 aromatic rings. The molecule has 2 fully saturated rings. The first-order chi connectivity index (χ1) is 13.6. The van der Waals surface area contributed by atoms with E-state index in [9.17, 15) is 4.79 Å². The predicted molar refractivity (Wildman–Crippen MR) is 114 cm³/mol. The smallest absolute Gasteiger partial charge is 0.226 e. The van der Waals surface area contributed by atoms with Crippen molar-refractivity contribution in [3.05, 3.63) is 41.2 Å². The molecule has 1 atom stereocenters. The maximum Gasteiger partial charge on any atom is 0.226 e. The summed E-state index contributed by atoms with van der Waals surface area (Å²) in [6.45, 7) is 6.76. The fourth-order valence-electron chi connectivity index (χ4n) is 4.38. The van der Waals surface area contributed by atoms with Crippen molar-refractivity contribution in [1.29, 1.82) is 0 Å². The van der Waals surface area contributed by atoms with Crippen molar-refractivity contribution >= 4 is 22.6 Å². The lowest BCUT2D eigenvalue weighted by molar-refractivity contribution is -0.139. The number of amides is 1. The SMILES string of the molecule is Cc1ccc(Cc2nsc(N3CCN(C(=O)C4CCCCC4)[C@H](C)C3)n2)cc1. The van der Waals surface area contributed by atoms with Gasteiger partial charge < -0.3 is 9.80 Å². The maximum atomic E-state index is 12.9. The third-order valence-corrected chi connectivity index (χ3v) is 6.89. The molecule has 6 heteroatoms. The first kappa shape index (κ1) is 19.4. The molecule has 2 aliphatic rings. The number of hydrogen-bond acceptors (Lipinski definition) is 5. The second-order valence-corrected chi connectivity index (χ2v) is 9.05.